The first-order valence-corrected chi connectivity index (χ1v) is 7.11. The Morgan fingerprint density at radius 2 is 1.81 bits per heavy atom. The number of hydrogen-bond donors (Lipinski definition) is 2. The molecule has 114 valence electrons. The van der Waals surface area contributed by atoms with Crippen LogP contribution in [0.15, 0.2) is 24.3 Å². The van der Waals surface area contributed by atoms with E-state index in [1.807, 2.05) is 21.9 Å². The van der Waals surface area contributed by atoms with E-state index in [1.165, 1.54) is 0 Å². The predicted octanol–water partition coefficient (Wildman–Crippen LogP) is 0.430. The fraction of sp³-hybridized carbons (Fsp3) is 0.467. The lowest BCUT2D eigenvalue weighted by molar-refractivity contribution is -0.138. The maximum atomic E-state index is 12.3. The second-order valence-electron chi connectivity index (χ2n) is 5.32. The number of nitrogen functional groups attached to an aromatic ring is 1. The number of hydrogen-bond acceptors (Lipinski definition) is 4. The van der Waals surface area contributed by atoms with Crippen LogP contribution in [0.2, 0.25) is 0 Å². The average Bonchev–Trinajstić information content (AvgIpc) is 2.66. The number of carbonyl (C=O) groups is 2. The monoisotopic (exact) mass is 291 g/mol. The molecule has 0 aliphatic carbocycles. The van der Waals surface area contributed by atoms with Gasteiger partial charge < -0.3 is 15.7 Å². The van der Waals surface area contributed by atoms with E-state index in [1.54, 1.807) is 12.1 Å². The van der Waals surface area contributed by atoms with Crippen LogP contribution in [0.5, 0.6) is 0 Å². The van der Waals surface area contributed by atoms with Crippen LogP contribution in [0.1, 0.15) is 12.0 Å². The fourth-order valence-electron chi connectivity index (χ4n) is 2.49. The van der Waals surface area contributed by atoms with E-state index in [0.29, 0.717) is 31.7 Å². The van der Waals surface area contributed by atoms with E-state index in [4.69, 9.17) is 10.8 Å². The van der Waals surface area contributed by atoms with Crippen LogP contribution < -0.4 is 5.73 Å². The van der Waals surface area contributed by atoms with Gasteiger partial charge in [-0.15, -0.1) is 0 Å². The summed E-state index contributed by atoms with van der Waals surface area (Å²) in [5.74, 6) is -0.742. The zero-order chi connectivity index (χ0) is 15.2. The third-order valence-corrected chi connectivity index (χ3v) is 3.64. The minimum atomic E-state index is -0.823. The number of nitrogens with two attached hydrogens (primary N) is 1. The SMILES string of the molecule is Nc1ccc(CC(=O)N2CCCN(CC(=O)O)CC2)cc1. The zero-order valence-electron chi connectivity index (χ0n) is 12.0. The number of carboxylic acids is 1. The van der Waals surface area contributed by atoms with E-state index < -0.39 is 5.97 Å². The molecule has 0 spiro atoms. The molecule has 21 heavy (non-hydrogen) atoms. The van der Waals surface area contributed by atoms with Gasteiger partial charge in [0.1, 0.15) is 0 Å². The van der Waals surface area contributed by atoms with Crippen molar-refractivity contribution in [1.82, 2.24) is 9.80 Å². The summed E-state index contributed by atoms with van der Waals surface area (Å²) < 4.78 is 0. The fourth-order valence-corrected chi connectivity index (χ4v) is 2.49. The number of rotatable bonds is 4. The first-order chi connectivity index (χ1) is 10.0. The van der Waals surface area contributed by atoms with Gasteiger partial charge >= 0.3 is 5.97 Å². The van der Waals surface area contributed by atoms with Gasteiger partial charge in [0, 0.05) is 31.9 Å². The van der Waals surface area contributed by atoms with Gasteiger partial charge in [-0.3, -0.25) is 14.5 Å². The van der Waals surface area contributed by atoms with Crippen molar-refractivity contribution >= 4 is 17.6 Å². The van der Waals surface area contributed by atoms with Gasteiger partial charge in [-0.25, -0.2) is 0 Å². The lowest BCUT2D eigenvalue weighted by atomic mass is 10.1. The number of aliphatic carboxylic acids is 1. The molecule has 1 amide bonds. The summed E-state index contributed by atoms with van der Waals surface area (Å²) in [5, 5.41) is 8.82. The summed E-state index contributed by atoms with van der Waals surface area (Å²) in [6, 6.07) is 7.31. The van der Waals surface area contributed by atoms with Crippen molar-refractivity contribution in [1.29, 1.82) is 0 Å². The van der Waals surface area contributed by atoms with Gasteiger partial charge in [-0.1, -0.05) is 12.1 Å². The Morgan fingerprint density at radius 1 is 1.10 bits per heavy atom. The smallest absolute Gasteiger partial charge is 0.317 e. The molecular formula is C15H21N3O3. The van der Waals surface area contributed by atoms with Crippen LogP contribution >= 0.6 is 0 Å². The van der Waals surface area contributed by atoms with Crippen molar-refractivity contribution in [2.24, 2.45) is 0 Å². The minimum absolute atomic E-state index is 0.0417. The van der Waals surface area contributed by atoms with Crippen molar-refractivity contribution in [2.45, 2.75) is 12.8 Å². The molecule has 1 aromatic rings. The molecule has 0 saturated carbocycles. The van der Waals surface area contributed by atoms with Gasteiger partial charge in [0.15, 0.2) is 0 Å². The highest BCUT2D eigenvalue weighted by Gasteiger charge is 2.20. The summed E-state index contributed by atoms with van der Waals surface area (Å²) in [6.07, 6.45) is 1.17. The number of nitrogens with zero attached hydrogens (tertiary/aromatic N) is 2. The molecule has 0 radical (unpaired) electrons. The van der Waals surface area contributed by atoms with Crippen LogP contribution in [0.25, 0.3) is 0 Å². The second kappa shape index (κ2) is 7.08. The quantitative estimate of drug-likeness (QED) is 0.786. The van der Waals surface area contributed by atoms with Crippen molar-refractivity contribution in [3.05, 3.63) is 29.8 Å². The molecule has 1 aromatic carbocycles. The topological polar surface area (TPSA) is 86.9 Å². The minimum Gasteiger partial charge on any atom is -0.480 e. The largest absolute Gasteiger partial charge is 0.480 e. The van der Waals surface area contributed by atoms with Crippen molar-refractivity contribution in [2.75, 3.05) is 38.5 Å². The molecule has 0 bridgehead atoms. The van der Waals surface area contributed by atoms with Crippen LogP contribution in [-0.2, 0) is 16.0 Å². The molecule has 1 aliphatic heterocycles. The number of anilines is 1. The van der Waals surface area contributed by atoms with Crippen LogP contribution in [0.4, 0.5) is 5.69 Å². The molecule has 6 heteroatoms. The van der Waals surface area contributed by atoms with E-state index in [9.17, 15) is 9.59 Å². The highest BCUT2D eigenvalue weighted by molar-refractivity contribution is 5.79. The van der Waals surface area contributed by atoms with Gasteiger partial charge in [0.25, 0.3) is 0 Å². The molecule has 1 fully saturated rings. The molecule has 0 atom stereocenters. The number of amides is 1. The Kier molecular flexibility index (Phi) is 5.16. The first-order valence-electron chi connectivity index (χ1n) is 7.11. The number of carboxylic acid groups (broad SMARTS) is 1. The van der Waals surface area contributed by atoms with E-state index in [2.05, 4.69) is 0 Å². The maximum Gasteiger partial charge on any atom is 0.317 e. The lowest BCUT2D eigenvalue weighted by Crippen LogP contribution is -2.37. The number of carbonyl (C=O) groups excluding carboxylic acids is 1. The van der Waals surface area contributed by atoms with E-state index in [0.717, 1.165) is 18.5 Å². The average molecular weight is 291 g/mol. The third kappa shape index (κ3) is 4.75. The van der Waals surface area contributed by atoms with Gasteiger partial charge in [-0.05, 0) is 24.1 Å². The Morgan fingerprint density at radius 3 is 2.48 bits per heavy atom. The van der Waals surface area contributed by atoms with E-state index >= 15 is 0 Å². The highest BCUT2D eigenvalue weighted by Crippen LogP contribution is 2.09. The second-order valence-corrected chi connectivity index (χ2v) is 5.32. The molecule has 1 saturated heterocycles. The summed E-state index contributed by atoms with van der Waals surface area (Å²) in [7, 11) is 0. The Labute approximate surface area is 124 Å². The third-order valence-electron chi connectivity index (χ3n) is 3.64. The molecule has 1 aliphatic rings. The van der Waals surface area contributed by atoms with Crippen LogP contribution in [0, 0.1) is 0 Å². The van der Waals surface area contributed by atoms with Gasteiger partial charge in [-0.2, -0.15) is 0 Å². The van der Waals surface area contributed by atoms with Crippen molar-refractivity contribution in [3.8, 4) is 0 Å². The van der Waals surface area contributed by atoms with Crippen molar-refractivity contribution < 1.29 is 14.7 Å². The summed E-state index contributed by atoms with van der Waals surface area (Å²) in [4.78, 5) is 26.7. The Balaban J connectivity index is 1.88. The van der Waals surface area contributed by atoms with E-state index in [-0.39, 0.29) is 12.5 Å². The molecule has 2 rings (SSSR count). The standard InChI is InChI=1S/C15H21N3O3/c16-13-4-2-12(3-5-13)10-14(19)18-7-1-6-17(8-9-18)11-15(20)21/h2-5H,1,6-11,16H2,(H,20,21). The Bertz CT molecular complexity index is 501. The molecule has 1 heterocycles. The molecule has 0 aromatic heterocycles. The molecule has 3 N–H and O–H groups in total. The lowest BCUT2D eigenvalue weighted by Gasteiger charge is -2.21. The summed E-state index contributed by atoms with van der Waals surface area (Å²) >= 11 is 0. The normalized spacial score (nSPS) is 16.5. The Hall–Kier alpha value is -2.08. The molecule has 6 nitrogen and oxygen atoms in total. The van der Waals surface area contributed by atoms with Gasteiger partial charge in [0.2, 0.25) is 5.91 Å². The highest BCUT2D eigenvalue weighted by atomic mass is 16.4. The predicted molar refractivity (Wildman–Crippen MR) is 79.8 cm³/mol. The molecular weight excluding hydrogens is 270 g/mol. The zero-order valence-corrected chi connectivity index (χ0v) is 12.0. The van der Waals surface area contributed by atoms with Gasteiger partial charge in [0.05, 0.1) is 13.0 Å². The summed E-state index contributed by atoms with van der Waals surface area (Å²) in [6.45, 7) is 2.64. The number of benzene rings is 1. The van der Waals surface area contributed by atoms with Crippen molar-refractivity contribution in [3.63, 3.8) is 0 Å². The first kappa shape index (κ1) is 15.3. The summed E-state index contributed by atoms with van der Waals surface area (Å²) in [5.41, 5.74) is 7.26. The maximum absolute atomic E-state index is 12.3. The van der Waals surface area contributed by atoms with Crippen LogP contribution in [-0.4, -0.2) is 59.5 Å². The van der Waals surface area contributed by atoms with Crippen LogP contribution in [0.3, 0.4) is 0 Å². The molecule has 0 unspecified atom stereocenters.